The number of aromatic nitrogens is 2. The zero-order chi connectivity index (χ0) is 18.5. The van der Waals surface area contributed by atoms with Crippen molar-refractivity contribution in [2.75, 3.05) is 10.6 Å². The highest BCUT2D eigenvalue weighted by Crippen LogP contribution is 2.21. The summed E-state index contributed by atoms with van der Waals surface area (Å²) < 4.78 is 0. The summed E-state index contributed by atoms with van der Waals surface area (Å²) in [5.41, 5.74) is 2.80. The van der Waals surface area contributed by atoms with Crippen LogP contribution in [0.3, 0.4) is 0 Å². The maximum absolute atomic E-state index is 12.3. The van der Waals surface area contributed by atoms with Crippen LogP contribution in [0, 0.1) is 18.3 Å². The van der Waals surface area contributed by atoms with Crippen LogP contribution in [0.25, 0.3) is 0 Å². The Kier molecular flexibility index (Phi) is 5.11. The molecule has 0 bridgehead atoms. The van der Waals surface area contributed by atoms with Crippen LogP contribution < -0.4 is 10.6 Å². The molecule has 3 aromatic rings. The first-order valence-corrected chi connectivity index (χ1v) is 8.12. The van der Waals surface area contributed by atoms with E-state index in [9.17, 15) is 4.79 Å². The van der Waals surface area contributed by atoms with Gasteiger partial charge in [-0.25, -0.2) is 0 Å². The molecule has 26 heavy (non-hydrogen) atoms. The molecule has 1 aromatic heterocycles. The highest BCUT2D eigenvalue weighted by molar-refractivity contribution is 6.31. The summed E-state index contributed by atoms with van der Waals surface area (Å²) in [6.07, 6.45) is 0. The van der Waals surface area contributed by atoms with Crippen molar-refractivity contribution in [3.8, 4) is 6.07 Å². The molecule has 7 heteroatoms. The molecule has 0 unspecified atom stereocenters. The Hall–Kier alpha value is -3.43. The number of para-hydroxylation sites is 1. The molecule has 2 N–H and O–H groups in total. The topological polar surface area (TPSA) is 90.7 Å². The van der Waals surface area contributed by atoms with Crippen molar-refractivity contribution in [2.24, 2.45) is 0 Å². The average Bonchev–Trinajstić information content (AvgIpc) is 2.65. The summed E-state index contributed by atoms with van der Waals surface area (Å²) in [6, 6.07) is 17.6. The van der Waals surface area contributed by atoms with Crippen LogP contribution in [0.4, 0.5) is 17.2 Å². The fraction of sp³-hybridized carbons (Fsp3) is 0.0526. The van der Waals surface area contributed by atoms with Crippen LogP contribution in [-0.4, -0.2) is 16.1 Å². The normalized spacial score (nSPS) is 10.0. The number of halogens is 1. The number of carbonyl (C=O) groups excluding carboxylic acids is 1. The van der Waals surface area contributed by atoms with E-state index in [1.165, 1.54) is 0 Å². The van der Waals surface area contributed by atoms with E-state index in [1.54, 1.807) is 42.5 Å². The minimum absolute atomic E-state index is 0.170. The fourth-order valence-corrected chi connectivity index (χ4v) is 2.43. The average molecular weight is 364 g/mol. The number of nitrogens with one attached hydrogen (secondary N) is 2. The van der Waals surface area contributed by atoms with E-state index < -0.39 is 0 Å². The number of nitriles is 1. The summed E-state index contributed by atoms with van der Waals surface area (Å²) in [6.45, 7) is 1.87. The molecule has 0 saturated carbocycles. The predicted octanol–water partition coefficient (Wildman–Crippen LogP) is 4.31. The SMILES string of the molecule is Cc1ccc(Cl)cc1NC(=O)c1ccc(Nc2ccccc2C#N)nn1. The van der Waals surface area contributed by atoms with Crippen LogP contribution in [0.15, 0.2) is 54.6 Å². The van der Waals surface area contributed by atoms with Crippen molar-refractivity contribution < 1.29 is 4.79 Å². The van der Waals surface area contributed by atoms with Crippen LogP contribution in [0.2, 0.25) is 5.02 Å². The first-order chi connectivity index (χ1) is 12.6. The second kappa shape index (κ2) is 7.64. The second-order valence-electron chi connectivity index (χ2n) is 5.50. The molecule has 0 fully saturated rings. The van der Waals surface area contributed by atoms with Gasteiger partial charge in [0.1, 0.15) is 6.07 Å². The summed E-state index contributed by atoms with van der Waals surface area (Å²) >= 11 is 5.96. The van der Waals surface area contributed by atoms with Gasteiger partial charge in [0.2, 0.25) is 0 Å². The third kappa shape index (κ3) is 3.97. The van der Waals surface area contributed by atoms with Gasteiger partial charge in [-0.3, -0.25) is 4.79 Å². The summed E-state index contributed by atoms with van der Waals surface area (Å²) in [7, 11) is 0. The molecule has 0 aliphatic rings. The highest BCUT2D eigenvalue weighted by Gasteiger charge is 2.11. The van der Waals surface area contributed by atoms with Crippen molar-refractivity contribution in [1.29, 1.82) is 5.26 Å². The van der Waals surface area contributed by atoms with Crippen molar-refractivity contribution in [3.05, 3.63) is 76.4 Å². The second-order valence-corrected chi connectivity index (χ2v) is 5.94. The number of hydrogen-bond acceptors (Lipinski definition) is 5. The van der Waals surface area contributed by atoms with Crippen molar-refractivity contribution in [3.63, 3.8) is 0 Å². The van der Waals surface area contributed by atoms with Gasteiger partial charge >= 0.3 is 0 Å². The quantitative estimate of drug-likeness (QED) is 0.720. The number of rotatable bonds is 4. The number of carbonyl (C=O) groups is 1. The van der Waals surface area contributed by atoms with Gasteiger partial charge < -0.3 is 10.6 Å². The maximum Gasteiger partial charge on any atom is 0.276 e. The van der Waals surface area contributed by atoms with Crippen LogP contribution in [0.5, 0.6) is 0 Å². The van der Waals surface area contributed by atoms with Crippen molar-refractivity contribution in [1.82, 2.24) is 10.2 Å². The Morgan fingerprint density at radius 3 is 2.62 bits per heavy atom. The molecular weight excluding hydrogens is 350 g/mol. The first kappa shape index (κ1) is 17.4. The smallest absolute Gasteiger partial charge is 0.276 e. The summed E-state index contributed by atoms with van der Waals surface area (Å²) in [4.78, 5) is 12.3. The minimum atomic E-state index is -0.383. The molecule has 128 valence electrons. The number of aryl methyl sites for hydroxylation is 1. The maximum atomic E-state index is 12.3. The van der Waals surface area contributed by atoms with Crippen LogP contribution >= 0.6 is 11.6 Å². The van der Waals surface area contributed by atoms with E-state index in [0.717, 1.165) is 5.56 Å². The standard InChI is InChI=1S/C19H14ClN5O/c1-12-6-7-14(20)10-17(12)23-19(26)16-8-9-18(25-24-16)22-15-5-3-2-4-13(15)11-21/h2-10H,1H3,(H,22,25)(H,23,26). The molecule has 3 rings (SSSR count). The van der Waals surface area contributed by atoms with E-state index in [2.05, 4.69) is 26.9 Å². The molecular formula is C19H14ClN5O. The van der Waals surface area contributed by atoms with Gasteiger partial charge in [-0.1, -0.05) is 29.8 Å². The van der Waals surface area contributed by atoms with E-state index in [4.69, 9.17) is 16.9 Å². The third-order valence-electron chi connectivity index (χ3n) is 3.66. The summed E-state index contributed by atoms with van der Waals surface area (Å²) in [5.74, 6) is 0.0510. The number of nitrogens with zero attached hydrogens (tertiary/aromatic N) is 3. The van der Waals surface area contributed by atoms with Crippen molar-refractivity contribution >= 4 is 34.7 Å². The first-order valence-electron chi connectivity index (χ1n) is 7.74. The van der Waals surface area contributed by atoms with E-state index >= 15 is 0 Å². The van der Waals surface area contributed by atoms with E-state index in [-0.39, 0.29) is 11.6 Å². The van der Waals surface area contributed by atoms with Gasteiger partial charge in [0.25, 0.3) is 5.91 Å². The Morgan fingerprint density at radius 2 is 1.88 bits per heavy atom. The van der Waals surface area contributed by atoms with E-state index in [0.29, 0.717) is 27.8 Å². The van der Waals surface area contributed by atoms with Gasteiger partial charge in [0.05, 0.1) is 11.3 Å². The molecule has 2 aromatic carbocycles. The lowest BCUT2D eigenvalue weighted by Gasteiger charge is -2.09. The molecule has 1 amide bonds. The van der Waals surface area contributed by atoms with Crippen LogP contribution in [0.1, 0.15) is 21.6 Å². The van der Waals surface area contributed by atoms with E-state index in [1.807, 2.05) is 19.1 Å². The monoisotopic (exact) mass is 363 g/mol. The Balaban J connectivity index is 1.74. The molecule has 0 radical (unpaired) electrons. The van der Waals surface area contributed by atoms with Gasteiger partial charge in [-0.15, -0.1) is 10.2 Å². The Bertz CT molecular complexity index is 996. The van der Waals surface area contributed by atoms with Gasteiger partial charge in [0, 0.05) is 10.7 Å². The minimum Gasteiger partial charge on any atom is -0.338 e. The number of hydrogen-bond donors (Lipinski definition) is 2. The lowest BCUT2D eigenvalue weighted by atomic mass is 10.2. The van der Waals surface area contributed by atoms with Gasteiger partial charge in [-0.2, -0.15) is 5.26 Å². The molecule has 0 spiro atoms. The fourth-order valence-electron chi connectivity index (χ4n) is 2.26. The number of benzene rings is 2. The zero-order valence-corrected chi connectivity index (χ0v) is 14.6. The lowest BCUT2D eigenvalue weighted by molar-refractivity contribution is 0.102. The predicted molar refractivity (Wildman–Crippen MR) is 101 cm³/mol. The van der Waals surface area contributed by atoms with Crippen LogP contribution in [-0.2, 0) is 0 Å². The Labute approximate surface area is 155 Å². The molecule has 6 nitrogen and oxygen atoms in total. The molecule has 0 saturated heterocycles. The molecule has 0 aliphatic heterocycles. The molecule has 0 aliphatic carbocycles. The lowest BCUT2D eigenvalue weighted by Crippen LogP contribution is -2.15. The van der Waals surface area contributed by atoms with Crippen molar-refractivity contribution in [2.45, 2.75) is 6.92 Å². The third-order valence-corrected chi connectivity index (χ3v) is 3.89. The molecule has 1 heterocycles. The summed E-state index contributed by atoms with van der Waals surface area (Å²) in [5, 5.41) is 23.4. The van der Waals surface area contributed by atoms with Gasteiger partial charge in [-0.05, 0) is 48.9 Å². The highest BCUT2D eigenvalue weighted by atomic mass is 35.5. The molecule has 0 atom stereocenters. The van der Waals surface area contributed by atoms with Gasteiger partial charge in [0.15, 0.2) is 11.5 Å². The number of anilines is 3. The largest absolute Gasteiger partial charge is 0.338 e. The Morgan fingerprint density at radius 1 is 1.08 bits per heavy atom. The zero-order valence-electron chi connectivity index (χ0n) is 13.8. The number of amides is 1.